The Labute approximate surface area is 325 Å². The van der Waals surface area contributed by atoms with Crippen molar-refractivity contribution in [2.45, 2.75) is 51.4 Å². The number of ether oxygens (including phenoxy) is 3. The summed E-state index contributed by atoms with van der Waals surface area (Å²) >= 11 is 0. The van der Waals surface area contributed by atoms with Crippen LogP contribution in [0.25, 0.3) is 0 Å². The highest BCUT2D eigenvalue weighted by Crippen LogP contribution is 2.46. The van der Waals surface area contributed by atoms with Crippen LogP contribution >= 0.6 is 7.75 Å². The Hall–Kier alpha value is -5.91. The molecule has 0 saturated heterocycles. The quantitative estimate of drug-likeness (QED) is 0.0446. The number of amides is 1. The Morgan fingerprint density at radius 3 is 1.39 bits per heavy atom. The monoisotopic (exact) mass is 778 g/mol. The molecule has 0 fully saturated rings. The van der Waals surface area contributed by atoms with Crippen LogP contribution in [0.5, 0.6) is 0 Å². The van der Waals surface area contributed by atoms with Crippen LogP contribution in [0, 0.1) is 0 Å². The molecule has 0 aliphatic rings. The van der Waals surface area contributed by atoms with Crippen LogP contribution in [0.1, 0.15) is 45.5 Å². The van der Waals surface area contributed by atoms with Crippen molar-refractivity contribution >= 4 is 31.6 Å². The molecular formula is C43H43N2O10P. The highest BCUT2D eigenvalue weighted by atomic mass is 31.2. The maximum Gasteiger partial charge on any atom is 0.406 e. The molecule has 5 aromatic carbocycles. The number of hydrogen-bond acceptors (Lipinski definition) is 10. The first kappa shape index (κ1) is 41.3. The number of esters is 3. The second-order valence-corrected chi connectivity index (χ2v) is 14.3. The van der Waals surface area contributed by atoms with Gasteiger partial charge in [0.1, 0.15) is 25.9 Å². The average molecular weight is 779 g/mol. The molecule has 3 atom stereocenters. The lowest BCUT2D eigenvalue weighted by molar-refractivity contribution is -0.150. The Balaban J connectivity index is 1.35. The fraction of sp³-hybridized carbons (Fsp3) is 0.209. The zero-order valence-corrected chi connectivity index (χ0v) is 31.5. The lowest BCUT2D eigenvalue weighted by Gasteiger charge is -2.26. The smallest absolute Gasteiger partial charge is 0.406 e. The van der Waals surface area contributed by atoms with E-state index in [4.69, 9.17) is 23.3 Å². The van der Waals surface area contributed by atoms with Crippen molar-refractivity contribution in [2.75, 3.05) is 6.61 Å². The molecule has 5 rings (SSSR count). The van der Waals surface area contributed by atoms with Crippen molar-refractivity contribution in [3.05, 3.63) is 179 Å². The van der Waals surface area contributed by atoms with E-state index >= 15 is 0 Å². The predicted molar refractivity (Wildman–Crippen MR) is 207 cm³/mol. The minimum absolute atomic E-state index is 0.0223. The molecule has 0 bridgehead atoms. The highest BCUT2D eigenvalue weighted by Gasteiger charge is 2.36. The molecule has 0 saturated carbocycles. The number of carbonyl (C=O) groups is 4. The first-order valence-electron chi connectivity index (χ1n) is 17.9. The summed E-state index contributed by atoms with van der Waals surface area (Å²) in [6, 6.07) is 41.1. The Bertz CT molecular complexity index is 2020. The van der Waals surface area contributed by atoms with E-state index in [9.17, 15) is 23.7 Å². The molecule has 290 valence electrons. The standard InChI is InChI=1S/C43H43N2O10P/c46-40(51-28-33-16-6-1-7-17-33)27-26-38(42(48)52-29-34-18-8-2-9-19-34)45-56(50,54-31-36-22-12-4-13-23-36)55-32-39(44-41(47)37-24-14-5-15-25-37)43(49)53-30-35-20-10-3-11-21-35/h1-25,38-39H,26-32H2,(H,44,47)(H,45,50)/t38?,39-,56?/m1/s1. The SMILES string of the molecule is O=C(CCC(NP(=O)(OCc1ccccc1)OC[C@@H](NC(=O)c1ccccc1)C(=O)OCc1ccccc1)C(=O)OCc1ccccc1)OCc1ccccc1. The zero-order chi connectivity index (χ0) is 39.4. The lowest BCUT2D eigenvalue weighted by atomic mass is 10.1. The van der Waals surface area contributed by atoms with Crippen molar-refractivity contribution < 1.29 is 47.0 Å². The lowest BCUT2D eigenvalue weighted by Crippen LogP contribution is -2.45. The molecule has 5 aromatic rings. The summed E-state index contributed by atoms with van der Waals surface area (Å²) in [4.78, 5) is 53.2. The average Bonchev–Trinajstić information content (AvgIpc) is 3.25. The summed E-state index contributed by atoms with van der Waals surface area (Å²) < 4.78 is 42.9. The number of carbonyl (C=O) groups excluding carboxylic acids is 4. The largest absolute Gasteiger partial charge is 0.461 e. The third-order valence-corrected chi connectivity index (χ3v) is 9.79. The molecule has 2 N–H and O–H groups in total. The number of benzene rings is 5. The summed E-state index contributed by atoms with van der Waals surface area (Å²) in [7, 11) is -4.56. The van der Waals surface area contributed by atoms with Gasteiger partial charge in [-0.05, 0) is 40.8 Å². The van der Waals surface area contributed by atoms with Gasteiger partial charge in [-0.2, -0.15) is 0 Å². The van der Waals surface area contributed by atoms with Gasteiger partial charge in [-0.3, -0.25) is 23.4 Å². The maximum atomic E-state index is 14.6. The molecule has 0 heterocycles. The highest BCUT2D eigenvalue weighted by molar-refractivity contribution is 7.51. The van der Waals surface area contributed by atoms with E-state index in [0.29, 0.717) is 16.7 Å². The first-order chi connectivity index (χ1) is 27.3. The van der Waals surface area contributed by atoms with Crippen LogP contribution in [0.3, 0.4) is 0 Å². The van der Waals surface area contributed by atoms with Gasteiger partial charge >= 0.3 is 25.7 Å². The van der Waals surface area contributed by atoms with E-state index in [2.05, 4.69) is 10.4 Å². The summed E-state index contributed by atoms with van der Waals surface area (Å²) in [5.41, 5.74) is 3.07. The second kappa shape index (κ2) is 21.8. The van der Waals surface area contributed by atoms with Gasteiger partial charge in [0.05, 0.1) is 13.2 Å². The third kappa shape index (κ3) is 14.1. The Morgan fingerprint density at radius 2 is 0.911 bits per heavy atom. The Morgan fingerprint density at radius 1 is 0.500 bits per heavy atom. The third-order valence-electron chi connectivity index (χ3n) is 8.21. The summed E-state index contributed by atoms with van der Waals surface area (Å²) in [6.07, 6.45) is -0.470. The van der Waals surface area contributed by atoms with Gasteiger partial charge in [0, 0.05) is 12.0 Å². The minimum Gasteiger partial charge on any atom is -0.461 e. The molecule has 1 amide bonds. The van der Waals surface area contributed by atoms with Crippen molar-refractivity contribution in [2.24, 2.45) is 0 Å². The summed E-state index contributed by atoms with van der Waals surface area (Å²) in [5, 5.41) is 5.27. The molecule has 12 nitrogen and oxygen atoms in total. The van der Waals surface area contributed by atoms with Crippen LogP contribution in [0.15, 0.2) is 152 Å². The minimum atomic E-state index is -4.56. The molecule has 0 aliphatic carbocycles. The van der Waals surface area contributed by atoms with Crippen LogP contribution in [0.2, 0.25) is 0 Å². The van der Waals surface area contributed by atoms with Crippen molar-refractivity contribution in [3.63, 3.8) is 0 Å². The van der Waals surface area contributed by atoms with Gasteiger partial charge in [0.15, 0.2) is 6.04 Å². The normalized spacial score (nSPS) is 13.0. The fourth-order valence-electron chi connectivity index (χ4n) is 5.17. The topological polar surface area (TPSA) is 156 Å². The molecule has 2 unspecified atom stereocenters. The number of rotatable bonds is 21. The molecule has 13 heteroatoms. The van der Waals surface area contributed by atoms with Gasteiger partial charge in [-0.25, -0.2) is 14.4 Å². The van der Waals surface area contributed by atoms with Crippen LogP contribution in [-0.2, 0) is 68.6 Å². The zero-order valence-electron chi connectivity index (χ0n) is 30.6. The molecule has 0 aromatic heterocycles. The number of nitrogens with one attached hydrogen (secondary N) is 2. The van der Waals surface area contributed by atoms with Gasteiger partial charge < -0.3 is 19.5 Å². The summed E-state index contributed by atoms with van der Waals surface area (Å²) in [5.74, 6) is -2.93. The molecular weight excluding hydrogens is 735 g/mol. The van der Waals surface area contributed by atoms with Gasteiger partial charge in [0.2, 0.25) is 0 Å². The van der Waals surface area contributed by atoms with Gasteiger partial charge in [-0.1, -0.05) is 140 Å². The van der Waals surface area contributed by atoms with E-state index < -0.39 is 50.3 Å². The predicted octanol–water partition coefficient (Wildman–Crippen LogP) is 7.10. The van der Waals surface area contributed by atoms with Gasteiger partial charge in [-0.15, -0.1) is 0 Å². The van der Waals surface area contributed by atoms with Crippen LogP contribution in [-0.4, -0.2) is 42.5 Å². The molecule has 0 spiro atoms. The fourth-order valence-corrected chi connectivity index (χ4v) is 6.68. The van der Waals surface area contributed by atoms with Crippen molar-refractivity contribution in [3.8, 4) is 0 Å². The van der Waals surface area contributed by atoms with Gasteiger partial charge in [0.25, 0.3) is 5.91 Å². The maximum absolute atomic E-state index is 14.6. The van der Waals surface area contributed by atoms with E-state index in [1.807, 2.05) is 42.5 Å². The second-order valence-electron chi connectivity index (χ2n) is 12.5. The molecule has 0 aliphatic heterocycles. The molecule has 0 radical (unpaired) electrons. The van der Waals surface area contributed by atoms with Crippen LogP contribution < -0.4 is 10.4 Å². The van der Waals surface area contributed by atoms with E-state index in [-0.39, 0.29) is 44.8 Å². The van der Waals surface area contributed by atoms with E-state index in [0.717, 1.165) is 5.56 Å². The van der Waals surface area contributed by atoms with Crippen molar-refractivity contribution in [1.29, 1.82) is 0 Å². The first-order valence-corrected chi connectivity index (χ1v) is 19.5. The van der Waals surface area contributed by atoms with Crippen molar-refractivity contribution in [1.82, 2.24) is 10.4 Å². The summed E-state index contributed by atoms with van der Waals surface area (Å²) in [6.45, 7) is -1.10. The number of hydrogen-bond donors (Lipinski definition) is 2. The van der Waals surface area contributed by atoms with E-state index in [1.54, 1.807) is 109 Å². The molecule has 56 heavy (non-hydrogen) atoms. The van der Waals surface area contributed by atoms with Crippen LogP contribution in [0.4, 0.5) is 0 Å². The Kier molecular flexibility index (Phi) is 16.1. The van der Waals surface area contributed by atoms with E-state index in [1.165, 1.54) is 0 Å².